The molecular weight excluding hydrogens is 409 g/mol. The van der Waals surface area contributed by atoms with Gasteiger partial charge < -0.3 is 4.98 Å². The number of hydrogen-bond acceptors (Lipinski definition) is 1. The van der Waals surface area contributed by atoms with Crippen molar-refractivity contribution >= 4 is 55.4 Å². The van der Waals surface area contributed by atoms with Gasteiger partial charge in [-0.25, -0.2) is 4.98 Å². The lowest BCUT2D eigenvalue weighted by Crippen LogP contribution is -1.96. The molecule has 0 aliphatic carbocycles. The first-order chi connectivity index (χ1) is 11.7. The maximum Gasteiger partial charge on any atom is 0.213 e. The van der Waals surface area contributed by atoms with Crippen LogP contribution in [0.5, 0.6) is 0 Å². The molecular formula is C20H14IN3. The van der Waals surface area contributed by atoms with E-state index in [-0.39, 0.29) is 0 Å². The van der Waals surface area contributed by atoms with Crippen molar-refractivity contribution in [3.63, 3.8) is 0 Å². The van der Waals surface area contributed by atoms with Crippen molar-refractivity contribution in [2.75, 3.05) is 0 Å². The minimum Gasteiger partial charge on any atom is -0.323 e. The third kappa shape index (κ3) is 1.99. The van der Waals surface area contributed by atoms with Crippen LogP contribution in [0.4, 0.5) is 0 Å². The lowest BCUT2D eigenvalue weighted by Gasteiger charge is -2.03. The largest absolute Gasteiger partial charge is 0.323 e. The van der Waals surface area contributed by atoms with Gasteiger partial charge in [-0.1, -0.05) is 23.8 Å². The summed E-state index contributed by atoms with van der Waals surface area (Å²) < 4.78 is 3.46. The Bertz CT molecular complexity index is 1140. The van der Waals surface area contributed by atoms with Crippen LogP contribution in [0.1, 0.15) is 5.56 Å². The summed E-state index contributed by atoms with van der Waals surface area (Å²) in [5, 5.41) is 2.53. The fraction of sp³-hybridized carbons (Fsp3) is 0.0500. The highest BCUT2D eigenvalue weighted by Crippen LogP contribution is 2.33. The standard InChI is InChI=1S/C20H14IN3/c1-12-6-8-18-14(10-12)15-11-13(21)7-9-19(15)24(18)20-22-16-4-2-3-5-17(16)23-20/h2-11H,1H3,(H,22,23). The number of benzene rings is 3. The van der Waals surface area contributed by atoms with Crippen molar-refractivity contribution in [2.45, 2.75) is 6.92 Å². The summed E-state index contributed by atoms with van der Waals surface area (Å²) in [6, 6.07) is 21.3. The molecule has 0 atom stereocenters. The van der Waals surface area contributed by atoms with Crippen LogP contribution in [-0.2, 0) is 0 Å². The molecule has 0 bridgehead atoms. The number of halogens is 1. The first-order valence-electron chi connectivity index (χ1n) is 7.86. The molecule has 2 aromatic heterocycles. The highest BCUT2D eigenvalue weighted by atomic mass is 127. The van der Waals surface area contributed by atoms with E-state index in [0.717, 1.165) is 17.0 Å². The molecule has 0 fully saturated rings. The Morgan fingerprint density at radius 3 is 2.50 bits per heavy atom. The molecule has 5 aromatic rings. The monoisotopic (exact) mass is 423 g/mol. The van der Waals surface area contributed by atoms with Gasteiger partial charge in [-0.3, -0.25) is 4.57 Å². The van der Waals surface area contributed by atoms with Gasteiger partial charge in [0.2, 0.25) is 5.95 Å². The van der Waals surface area contributed by atoms with Crippen LogP contribution in [0, 0.1) is 10.5 Å². The molecule has 3 nitrogen and oxygen atoms in total. The molecule has 0 radical (unpaired) electrons. The van der Waals surface area contributed by atoms with Crippen molar-refractivity contribution in [3.8, 4) is 5.95 Å². The first-order valence-corrected chi connectivity index (χ1v) is 8.94. The minimum absolute atomic E-state index is 0.862. The lowest BCUT2D eigenvalue weighted by atomic mass is 10.1. The topological polar surface area (TPSA) is 33.6 Å². The Morgan fingerprint density at radius 1 is 0.917 bits per heavy atom. The van der Waals surface area contributed by atoms with E-state index < -0.39 is 0 Å². The number of rotatable bonds is 1. The second-order valence-electron chi connectivity index (χ2n) is 6.10. The fourth-order valence-electron chi connectivity index (χ4n) is 3.38. The molecule has 0 aliphatic heterocycles. The van der Waals surface area contributed by atoms with E-state index in [9.17, 15) is 0 Å². The minimum atomic E-state index is 0.862. The zero-order valence-corrected chi connectivity index (χ0v) is 15.2. The molecule has 1 N–H and O–H groups in total. The molecule has 0 saturated carbocycles. The van der Waals surface area contributed by atoms with E-state index >= 15 is 0 Å². The van der Waals surface area contributed by atoms with Crippen molar-refractivity contribution in [3.05, 3.63) is 69.8 Å². The molecule has 0 amide bonds. The number of nitrogens with one attached hydrogen (secondary N) is 1. The normalized spacial score (nSPS) is 11.8. The van der Waals surface area contributed by atoms with Crippen molar-refractivity contribution in [1.29, 1.82) is 0 Å². The highest BCUT2D eigenvalue weighted by molar-refractivity contribution is 14.1. The highest BCUT2D eigenvalue weighted by Gasteiger charge is 2.15. The summed E-state index contributed by atoms with van der Waals surface area (Å²) >= 11 is 2.37. The molecule has 4 heteroatoms. The molecule has 116 valence electrons. The zero-order chi connectivity index (χ0) is 16.3. The molecule has 3 aromatic carbocycles. The second-order valence-corrected chi connectivity index (χ2v) is 7.34. The Kier molecular flexibility index (Phi) is 2.97. The number of hydrogen-bond donors (Lipinski definition) is 1. The van der Waals surface area contributed by atoms with Crippen molar-refractivity contribution in [1.82, 2.24) is 14.5 Å². The van der Waals surface area contributed by atoms with Gasteiger partial charge in [0.05, 0.1) is 22.1 Å². The summed E-state index contributed by atoms with van der Waals surface area (Å²) in [5.74, 6) is 0.862. The average molecular weight is 423 g/mol. The third-order valence-electron chi connectivity index (χ3n) is 4.47. The lowest BCUT2D eigenvalue weighted by molar-refractivity contribution is 1.05. The van der Waals surface area contributed by atoms with Crippen LogP contribution in [-0.4, -0.2) is 14.5 Å². The van der Waals surface area contributed by atoms with Gasteiger partial charge in [0.15, 0.2) is 0 Å². The molecule has 2 heterocycles. The van der Waals surface area contributed by atoms with Crippen LogP contribution in [0.2, 0.25) is 0 Å². The first kappa shape index (κ1) is 14.0. The summed E-state index contributed by atoms with van der Waals surface area (Å²) in [7, 11) is 0. The van der Waals surface area contributed by atoms with Crippen LogP contribution in [0.25, 0.3) is 38.8 Å². The van der Waals surface area contributed by atoms with E-state index in [0.29, 0.717) is 0 Å². The van der Waals surface area contributed by atoms with E-state index in [2.05, 4.69) is 81.5 Å². The molecule has 24 heavy (non-hydrogen) atoms. The predicted octanol–water partition coefficient (Wildman–Crippen LogP) is 5.57. The maximum absolute atomic E-state index is 4.81. The van der Waals surface area contributed by atoms with Gasteiger partial charge in [-0.05, 0) is 72.0 Å². The van der Waals surface area contributed by atoms with Gasteiger partial charge in [0.1, 0.15) is 0 Å². The van der Waals surface area contributed by atoms with E-state index in [1.54, 1.807) is 0 Å². The summed E-state index contributed by atoms with van der Waals surface area (Å²) in [4.78, 5) is 8.27. The van der Waals surface area contributed by atoms with Crippen LogP contribution in [0.3, 0.4) is 0 Å². The van der Waals surface area contributed by atoms with Gasteiger partial charge in [0, 0.05) is 14.3 Å². The number of aromatic amines is 1. The van der Waals surface area contributed by atoms with Crippen LogP contribution >= 0.6 is 22.6 Å². The van der Waals surface area contributed by atoms with Crippen molar-refractivity contribution in [2.24, 2.45) is 0 Å². The van der Waals surface area contributed by atoms with Crippen LogP contribution in [0.15, 0.2) is 60.7 Å². The quantitative estimate of drug-likeness (QED) is 0.351. The number of nitrogens with zero attached hydrogens (tertiary/aromatic N) is 2. The van der Waals surface area contributed by atoms with Gasteiger partial charge >= 0.3 is 0 Å². The number of imidazole rings is 1. The summed E-state index contributed by atoms with van der Waals surface area (Å²) in [6.07, 6.45) is 0. The third-order valence-corrected chi connectivity index (χ3v) is 5.14. The van der Waals surface area contributed by atoms with Crippen molar-refractivity contribution < 1.29 is 0 Å². The molecule has 0 spiro atoms. The Balaban J connectivity index is 1.95. The van der Waals surface area contributed by atoms with Gasteiger partial charge in [0.25, 0.3) is 0 Å². The predicted molar refractivity (Wildman–Crippen MR) is 108 cm³/mol. The van der Waals surface area contributed by atoms with Gasteiger partial charge in [-0.2, -0.15) is 0 Å². The number of fused-ring (bicyclic) bond motifs is 4. The molecule has 0 aliphatic rings. The van der Waals surface area contributed by atoms with E-state index in [1.165, 1.54) is 30.9 Å². The fourth-order valence-corrected chi connectivity index (χ4v) is 3.87. The Morgan fingerprint density at radius 2 is 1.67 bits per heavy atom. The summed E-state index contributed by atoms with van der Waals surface area (Å²) in [6.45, 7) is 2.14. The Hall–Kier alpha value is -2.34. The van der Waals surface area contributed by atoms with Crippen LogP contribution < -0.4 is 0 Å². The second kappa shape index (κ2) is 5.08. The zero-order valence-electron chi connectivity index (χ0n) is 13.0. The molecule has 0 saturated heterocycles. The molecule has 5 rings (SSSR count). The average Bonchev–Trinajstić information content (AvgIpc) is 3.13. The SMILES string of the molecule is Cc1ccc2c(c1)c1cc(I)ccc1n2-c1nc2ccccc2[nH]1. The molecule has 0 unspecified atom stereocenters. The van der Waals surface area contributed by atoms with E-state index in [1.807, 2.05) is 18.2 Å². The number of aromatic nitrogens is 3. The maximum atomic E-state index is 4.81. The Labute approximate surface area is 152 Å². The van der Waals surface area contributed by atoms with E-state index in [4.69, 9.17) is 4.98 Å². The van der Waals surface area contributed by atoms with Gasteiger partial charge in [-0.15, -0.1) is 0 Å². The number of aryl methyl sites for hydroxylation is 1. The number of H-pyrrole nitrogens is 1. The smallest absolute Gasteiger partial charge is 0.213 e. The number of para-hydroxylation sites is 2. The summed E-state index contributed by atoms with van der Waals surface area (Å²) in [5.41, 5.74) is 5.66.